The molecule has 2 aromatic carbocycles. The first-order valence-electron chi connectivity index (χ1n) is 17.7. The molecule has 286 valence electrons. The van der Waals surface area contributed by atoms with Gasteiger partial charge >= 0.3 is 18.3 Å². The molecule has 0 bridgehead atoms. The van der Waals surface area contributed by atoms with Crippen LogP contribution in [0.4, 0.5) is 43.8 Å². The molecule has 53 heavy (non-hydrogen) atoms. The molecule has 5 rings (SSSR count). The van der Waals surface area contributed by atoms with Crippen LogP contribution >= 0.6 is 0 Å². The van der Waals surface area contributed by atoms with Crippen molar-refractivity contribution in [3.8, 4) is 0 Å². The van der Waals surface area contributed by atoms with Crippen LogP contribution in [0.15, 0.2) is 54.9 Å². The Morgan fingerprint density at radius 3 is 2.09 bits per heavy atom. The van der Waals surface area contributed by atoms with E-state index in [0.29, 0.717) is 24.0 Å². The molecule has 14 heteroatoms. The molecular weight excluding hydrogens is 698 g/mol. The van der Waals surface area contributed by atoms with Crippen molar-refractivity contribution in [3.05, 3.63) is 82.7 Å². The van der Waals surface area contributed by atoms with Gasteiger partial charge < -0.3 is 19.4 Å². The molecule has 1 aliphatic carbocycles. The van der Waals surface area contributed by atoms with E-state index in [1.54, 1.807) is 37.6 Å². The Labute approximate surface area is 306 Å². The molecule has 0 spiro atoms. The molecule has 2 aromatic heterocycles. The molecule has 0 saturated heterocycles. The Balaban J connectivity index is 1.56. The number of ether oxygens (including phenoxy) is 1. The molecular formula is C39H46F6N6O2. The normalized spacial score (nSPS) is 13.7. The van der Waals surface area contributed by atoms with Crippen molar-refractivity contribution in [1.29, 1.82) is 0 Å². The van der Waals surface area contributed by atoms with Gasteiger partial charge in [-0.3, -0.25) is 4.79 Å². The second-order valence-electron chi connectivity index (χ2n) is 14.8. The molecule has 4 aromatic rings. The third-order valence-corrected chi connectivity index (χ3v) is 8.87. The average molecular weight is 745 g/mol. The van der Waals surface area contributed by atoms with Gasteiger partial charge in [0.25, 0.3) is 0 Å². The van der Waals surface area contributed by atoms with Gasteiger partial charge in [-0.2, -0.15) is 26.3 Å². The van der Waals surface area contributed by atoms with Gasteiger partial charge in [0.1, 0.15) is 11.4 Å². The number of anilines is 3. The number of rotatable bonds is 14. The molecule has 1 fully saturated rings. The van der Waals surface area contributed by atoms with Crippen LogP contribution in [0.2, 0.25) is 0 Å². The van der Waals surface area contributed by atoms with Gasteiger partial charge in [-0.1, -0.05) is 25.1 Å². The van der Waals surface area contributed by atoms with Crippen molar-refractivity contribution < 1.29 is 35.9 Å². The van der Waals surface area contributed by atoms with Gasteiger partial charge in [0.2, 0.25) is 5.95 Å². The first-order valence-corrected chi connectivity index (χ1v) is 17.7. The second kappa shape index (κ2) is 15.8. The molecule has 1 saturated carbocycles. The largest absolute Gasteiger partial charge is 0.460 e. The Bertz CT molecular complexity index is 1860. The van der Waals surface area contributed by atoms with Crippen molar-refractivity contribution in [2.45, 2.75) is 91.3 Å². The van der Waals surface area contributed by atoms with Crippen LogP contribution in [0.1, 0.15) is 81.2 Å². The van der Waals surface area contributed by atoms with Crippen molar-refractivity contribution in [3.63, 3.8) is 0 Å². The van der Waals surface area contributed by atoms with Crippen molar-refractivity contribution >= 4 is 34.3 Å². The minimum Gasteiger partial charge on any atom is -0.460 e. The van der Waals surface area contributed by atoms with Crippen LogP contribution in [0, 0.1) is 12.8 Å². The molecule has 0 unspecified atom stereocenters. The number of para-hydroxylation sites is 1. The summed E-state index contributed by atoms with van der Waals surface area (Å²) in [5.41, 5.74) is -0.538. The fourth-order valence-electron chi connectivity index (χ4n) is 6.13. The van der Waals surface area contributed by atoms with E-state index in [-0.39, 0.29) is 43.1 Å². The lowest BCUT2D eigenvalue weighted by Gasteiger charge is -2.30. The summed E-state index contributed by atoms with van der Waals surface area (Å²) in [5, 5.41) is 0.855. The highest BCUT2D eigenvalue weighted by Crippen LogP contribution is 2.38. The summed E-state index contributed by atoms with van der Waals surface area (Å²) in [5.74, 6) is 0.957. The van der Waals surface area contributed by atoms with Crippen LogP contribution in [-0.2, 0) is 35.0 Å². The molecule has 0 N–H and O–H groups in total. The van der Waals surface area contributed by atoms with E-state index in [2.05, 4.69) is 21.8 Å². The zero-order chi connectivity index (χ0) is 38.7. The van der Waals surface area contributed by atoms with E-state index >= 15 is 0 Å². The summed E-state index contributed by atoms with van der Waals surface area (Å²) < 4.78 is 88.8. The molecule has 2 heterocycles. The van der Waals surface area contributed by atoms with Gasteiger partial charge in [-0.05, 0) is 88.3 Å². The van der Waals surface area contributed by atoms with E-state index in [1.165, 1.54) is 12.4 Å². The van der Waals surface area contributed by atoms with E-state index in [4.69, 9.17) is 9.72 Å². The standard InChI is InChI=1S/C39H46F6N6O2/c1-7-14-50(22-26-11-12-26)35-29(18-28-10-8-9-25(2)34(28)48-35)24-51(23-27-16-30(38(40,41)42)19-31(17-27)39(43,44)45)36-46-20-32(21-47-36)49(6)15-13-33(52)53-37(3,4)5/h8-10,16-21,26H,7,11-15,22-24H2,1-6H3. The van der Waals surface area contributed by atoms with Crippen LogP contribution in [0.3, 0.4) is 0 Å². The number of fused-ring (bicyclic) bond motifs is 1. The maximum atomic E-state index is 13.9. The molecule has 0 radical (unpaired) electrons. The third kappa shape index (κ3) is 10.7. The third-order valence-electron chi connectivity index (χ3n) is 8.87. The quantitative estimate of drug-likeness (QED) is 0.0935. The Morgan fingerprint density at radius 1 is 0.887 bits per heavy atom. The summed E-state index contributed by atoms with van der Waals surface area (Å²) in [7, 11) is 1.75. The molecule has 8 nitrogen and oxygen atoms in total. The number of halogens is 6. The smallest absolute Gasteiger partial charge is 0.416 e. The highest BCUT2D eigenvalue weighted by atomic mass is 19.4. The number of aromatic nitrogens is 3. The molecule has 0 aliphatic heterocycles. The van der Waals surface area contributed by atoms with Crippen molar-refractivity contribution in [2.75, 3.05) is 41.4 Å². The Hall–Kier alpha value is -4.62. The lowest BCUT2D eigenvalue weighted by molar-refractivity contribution is -0.154. The highest BCUT2D eigenvalue weighted by Gasteiger charge is 2.37. The Morgan fingerprint density at radius 2 is 1.53 bits per heavy atom. The molecule has 0 atom stereocenters. The number of nitrogens with zero attached hydrogens (tertiary/aromatic N) is 6. The molecule has 0 amide bonds. The average Bonchev–Trinajstić information content (AvgIpc) is 3.89. The van der Waals surface area contributed by atoms with Gasteiger partial charge in [0.15, 0.2) is 0 Å². The second-order valence-corrected chi connectivity index (χ2v) is 14.8. The van der Waals surface area contributed by atoms with Gasteiger partial charge in [-0.15, -0.1) is 0 Å². The number of pyridine rings is 1. The number of aryl methyl sites for hydroxylation is 1. The number of alkyl halides is 6. The summed E-state index contributed by atoms with van der Waals surface area (Å²) in [4.78, 5) is 32.1. The highest BCUT2D eigenvalue weighted by molar-refractivity contribution is 5.84. The lowest BCUT2D eigenvalue weighted by Crippen LogP contribution is -2.31. The number of benzene rings is 2. The SMILES string of the molecule is CCCN(CC1CC1)c1nc2c(C)cccc2cc1CN(Cc1cc(C(F)(F)F)cc(C(F)(F)F)c1)c1ncc(N(C)CCC(=O)OC(C)(C)C)cn1. The fourth-order valence-corrected chi connectivity index (χ4v) is 6.13. The van der Waals surface area contributed by atoms with Gasteiger partial charge in [-0.25, -0.2) is 15.0 Å². The first kappa shape index (κ1) is 39.6. The predicted molar refractivity (Wildman–Crippen MR) is 194 cm³/mol. The van der Waals surface area contributed by atoms with Gasteiger partial charge in [0.05, 0.1) is 41.1 Å². The number of hydrogen-bond donors (Lipinski definition) is 0. The summed E-state index contributed by atoms with van der Waals surface area (Å²) >= 11 is 0. The van der Waals surface area contributed by atoms with E-state index < -0.39 is 29.1 Å². The topological polar surface area (TPSA) is 74.7 Å². The Kier molecular flexibility index (Phi) is 11.8. The molecule has 1 aliphatic rings. The van der Waals surface area contributed by atoms with E-state index in [9.17, 15) is 31.1 Å². The minimum absolute atomic E-state index is 0.0442. The number of esters is 1. The van der Waals surface area contributed by atoms with Crippen LogP contribution in [-0.4, -0.2) is 53.2 Å². The minimum atomic E-state index is -5.00. The van der Waals surface area contributed by atoms with E-state index in [0.717, 1.165) is 66.5 Å². The summed E-state index contributed by atoms with van der Waals surface area (Å²) in [6.07, 6.45) is -3.81. The van der Waals surface area contributed by atoms with Crippen molar-refractivity contribution in [2.24, 2.45) is 5.92 Å². The summed E-state index contributed by atoms with van der Waals surface area (Å²) in [6, 6.07) is 9.40. The number of carbonyl (C=O) groups excluding carboxylic acids is 1. The zero-order valence-corrected chi connectivity index (χ0v) is 30.9. The van der Waals surface area contributed by atoms with Crippen LogP contribution < -0.4 is 14.7 Å². The number of carbonyl (C=O) groups is 1. The maximum absolute atomic E-state index is 13.9. The predicted octanol–water partition coefficient (Wildman–Crippen LogP) is 9.37. The summed E-state index contributed by atoms with van der Waals surface area (Å²) in [6.45, 7) is 10.9. The van der Waals surface area contributed by atoms with Crippen LogP contribution in [0.5, 0.6) is 0 Å². The zero-order valence-electron chi connectivity index (χ0n) is 30.9. The van der Waals surface area contributed by atoms with Crippen LogP contribution in [0.25, 0.3) is 10.9 Å². The fraction of sp³-hybridized carbons (Fsp3) is 0.487. The van der Waals surface area contributed by atoms with Crippen molar-refractivity contribution in [1.82, 2.24) is 15.0 Å². The number of hydrogen-bond acceptors (Lipinski definition) is 8. The van der Waals surface area contributed by atoms with E-state index in [1.807, 2.05) is 31.2 Å². The first-order chi connectivity index (χ1) is 24.8. The lowest BCUT2D eigenvalue weighted by atomic mass is 10.0. The van der Waals surface area contributed by atoms with Gasteiger partial charge in [0, 0.05) is 50.7 Å². The monoisotopic (exact) mass is 744 g/mol. The maximum Gasteiger partial charge on any atom is 0.416 e.